The van der Waals surface area contributed by atoms with Crippen LogP contribution in [-0.4, -0.2) is 16.5 Å². The molecule has 0 saturated carbocycles. The van der Waals surface area contributed by atoms with Crippen molar-refractivity contribution >= 4 is 27.2 Å². The third-order valence-electron chi connectivity index (χ3n) is 3.34. The molecule has 0 spiro atoms. The molecule has 2 aromatic heterocycles. The molecular weight excluding hydrogens is 270 g/mol. The lowest BCUT2D eigenvalue weighted by molar-refractivity contribution is 0.558. The van der Waals surface area contributed by atoms with E-state index in [9.17, 15) is 0 Å². The van der Waals surface area contributed by atoms with Crippen molar-refractivity contribution in [3.8, 4) is 0 Å². The Morgan fingerprint density at radius 1 is 0.737 bits per heavy atom. The molecule has 0 unspecified atom stereocenters. The average Bonchev–Trinajstić information content (AvgIpc) is 2.86. The van der Waals surface area contributed by atoms with Crippen molar-refractivity contribution in [3.63, 3.8) is 0 Å². The van der Waals surface area contributed by atoms with E-state index in [1.807, 2.05) is 26.0 Å². The van der Waals surface area contributed by atoms with E-state index in [-0.39, 0.29) is 0 Å². The lowest BCUT2D eigenvalue weighted by Gasteiger charge is -2.31. The van der Waals surface area contributed by atoms with Crippen LogP contribution in [0.15, 0.2) is 33.1 Å². The van der Waals surface area contributed by atoms with E-state index in [0.717, 1.165) is 22.3 Å². The molecule has 0 radical (unpaired) electrons. The Hall–Kier alpha value is -1.05. The van der Waals surface area contributed by atoms with Crippen LogP contribution in [0.3, 0.4) is 0 Å². The lowest BCUT2D eigenvalue weighted by Crippen LogP contribution is -2.69. The van der Waals surface area contributed by atoms with Crippen LogP contribution in [0.1, 0.15) is 11.5 Å². The molecule has 2 rings (SSSR count). The van der Waals surface area contributed by atoms with Crippen molar-refractivity contribution in [1.29, 1.82) is 0 Å². The van der Waals surface area contributed by atoms with E-state index in [4.69, 9.17) is 8.83 Å². The van der Waals surface area contributed by atoms with Crippen molar-refractivity contribution < 1.29 is 8.83 Å². The molecule has 0 aliphatic carbocycles. The van der Waals surface area contributed by atoms with Gasteiger partial charge in [0.1, 0.15) is 11.5 Å². The van der Waals surface area contributed by atoms with Crippen molar-refractivity contribution in [2.75, 3.05) is 0 Å². The summed E-state index contributed by atoms with van der Waals surface area (Å²) in [5.41, 5.74) is 0. The van der Waals surface area contributed by atoms with Gasteiger partial charge < -0.3 is 13.5 Å². The largest absolute Gasteiger partial charge is 0.470 e. The molecule has 19 heavy (non-hydrogen) atoms. The van der Waals surface area contributed by atoms with Gasteiger partial charge in [0.25, 0.3) is 0 Å². The van der Waals surface area contributed by atoms with E-state index in [0.29, 0.717) is 0 Å². The molecule has 0 fully saturated rings. The summed E-state index contributed by atoms with van der Waals surface area (Å²) < 4.78 is 15.5. The van der Waals surface area contributed by atoms with Crippen LogP contribution >= 0.6 is 0 Å². The molecule has 0 saturated heterocycles. The van der Waals surface area contributed by atoms with Crippen LogP contribution in [0.2, 0.25) is 26.2 Å². The van der Waals surface area contributed by atoms with Crippen LogP contribution in [0.25, 0.3) is 0 Å². The fourth-order valence-corrected chi connectivity index (χ4v) is 11.5. The molecule has 0 aliphatic heterocycles. The van der Waals surface area contributed by atoms with Gasteiger partial charge in [0.15, 0.2) is 16.5 Å². The van der Waals surface area contributed by atoms with Crippen molar-refractivity contribution in [2.45, 2.75) is 40.0 Å². The molecule has 1 N–H and O–H groups in total. The quantitative estimate of drug-likeness (QED) is 0.881. The Kier molecular flexibility index (Phi) is 3.64. The zero-order chi connectivity index (χ0) is 14.3. The van der Waals surface area contributed by atoms with Gasteiger partial charge in [0.2, 0.25) is 0 Å². The van der Waals surface area contributed by atoms with Gasteiger partial charge in [-0.3, -0.25) is 0 Å². The summed E-state index contributed by atoms with van der Waals surface area (Å²) in [7, 11) is -3.56. The minimum atomic E-state index is -1.78. The predicted octanol–water partition coefficient (Wildman–Crippen LogP) is 2.60. The zero-order valence-corrected chi connectivity index (χ0v) is 14.6. The van der Waals surface area contributed by atoms with Gasteiger partial charge in [0, 0.05) is 0 Å². The lowest BCUT2D eigenvalue weighted by atomic mass is 10.5. The average molecular weight is 294 g/mol. The summed E-state index contributed by atoms with van der Waals surface area (Å²) >= 11 is 0. The standard InChI is InChI=1S/C14H23NO2Si2/c1-11-7-9-13(16-11)18(3,4)15-19(5,6)14-10-8-12(2)17-14/h7-10,15H,1-6H3. The minimum Gasteiger partial charge on any atom is -0.470 e. The highest BCUT2D eigenvalue weighted by atomic mass is 28.4. The summed E-state index contributed by atoms with van der Waals surface area (Å²) in [5, 5.41) is 2.21. The van der Waals surface area contributed by atoms with Gasteiger partial charge in [-0.05, 0) is 38.1 Å². The second kappa shape index (κ2) is 4.81. The first-order chi connectivity index (χ1) is 8.71. The molecule has 5 heteroatoms. The minimum absolute atomic E-state index is 0.977. The van der Waals surface area contributed by atoms with E-state index < -0.39 is 16.5 Å². The van der Waals surface area contributed by atoms with Crippen LogP contribution in [0.5, 0.6) is 0 Å². The predicted molar refractivity (Wildman–Crippen MR) is 84.3 cm³/mol. The molecule has 2 heterocycles. The third-order valence-corrected chi connectivity index (χ3v) is 11.3. The monoisotopic (exact) mass is 293 g/mol. The number of hydrogen-bond acceptors (Lipinski definition) is 3. The van der Waals surface area contributed by atoms with Crippen molar-refractivity contribution in [2.24, 2.45) is 0 Å². The van der Waals surface area contributed by atoms with Crippen molar-refractivity contribution in [3.05, 3.63) is 35.8 Å². The SMILES string of the molecule is Cc1ccc([Si](C)(C)N[Si](C)(C)c2ccc(C)o2)o1. The molecule has 0 amide bonds. The molecular formula is C14H23NO2Si2. The molecule has 0 aliphatic rings. The smallest absolute Gasteiger partial charge is 0.189 e. The van der Waals surface area contributed by atoms with Crippen molar-refractivity contribution in [1.82, 2.24) is 4.65 Å². The van der Waals surface area contributed by atoms with Gasteiger partial charge in [-0.15, -0.1) is 0 Å². The Morgan fingerprint density at radius 2 is 1.11 bits per heavy atom. The van der Waals surface area contributed by atoms with E-state index in [1.165, 1.54) is 0 Å². The first-order valence-electron chi connectivity index (χ1n) is 6.64. The maximum Gasteiger partial charge on any atom is 0.189 e. The molecule has 0 aromatic carbocycles. The van der Waals surface area contributed by atoms with Gasteiger partial charge in [0.05, 0.1) is 10.8 Å². The summed E-state index contributed by atoms with van der Waals surface area (Å²) in [6.07, 6.45) is 0. The van der Waals surface area contributed by atoms with Gasteiger partial charge in [-0.25, -0.2) is 0 Å². The fraction of sp³-hybridized carbons (Fsp3) is 0.429. The summed E-state index contributed by atoms with van der Waals surface area (Å²) in [6.45, 7) is 13.1. The van der Waals surface area contributed by atoms with Gasteiger partial charge in [-0.1, -0.05) is 26.2 Å². The van der Waals surface area contributed by atoms with Gasteiger partial charge in [-0.2, -0.15) is 0 Å². The topological polar surface area (TPSA) is 38.3 Å². The Labute approximate surface area is 117 Å². The van der Waals surface area contributed by atoms with E-state index in [1.54, 1.807) is 0 Å². The zero-order valence-electron chi connectivity index (χ0n) is 12.6. The number of aryl methyl sites for hydroxylation is 2. The Morgan fingerprint density at radius 3 is 1.37 bits per heavy atom. The van der Waals surface area contributed by atoms with Crippen LogP contribution < -0.4 is 15.4 Å². The number of nitrogens with one attached hydrogen (secondary N) is 1. The first kappa shape index (κ1) is 14.4. The Bertz CT molecular complexity index is 519. The second-order valence-corrected chi connectivity index (χ2v) is 14.7. The fourth-order valence-electron chi connectivity index (χ4n) is 2.45. The highest BCUT2D eigenvalue weighted by Gasteiger charge is 2.38. The summed E-state index contributed by atoms with van der Waals surface area (Å²) in [5.74, 6) is 1.95. The molecule has 2 aromatic rings. The number of rotatable bonds is 4. The van der Waals surface area contributed by atoms with E-state index >= 15 is 0 Å². The van der Waals surface area contributed by atoms with Crippen LogP contribution in [0.4, 0.5) is 0 Å². The van der Waals surface area contributed by atoms with Crippen LogP contribution in [0, 0.1) is 13.8 Å². The summed E-state index contributed by atoms with van der Waals surface area (Å²) in [6, 6.07) is 8.29. The van der Waals surface area contributed by atoms with E-state index in [2.05, 4.69) is 43.0 Å². The highest BCUT2D eigenvalue weighted by Crippen LogP contribution is 2.10. The van der Waals surface area contributed by atoms with Crippen LogP contribution in [-0.2, 0) is 0 Å². The maximum absolute atomic E-state index is 5.83. The number of hydrogen-bond donors (Lipinski definition) is 1. The number of furan rings is 2. The maximum atomic E-state index is 5.83. The highest BCUT2D eigenvalue weighted by molar-refractivity contribution is 7.01. The Balaban J connectivity index is 2.23. The van der Waals surface area contributed by atoms with Gasteiger partial charge >= 0.3 is 0 Å². The molecule has 3 nitrogen and oxygen atoms in total. The normalized spacial score (nSPS) is 12.9. The third kappa shape index (κ3) is 3.10. The first-order valence-corrected chi connectivity index (χ1v) is 12.6. The molecule has 0 bridgehead atoms. The summed E-state index contributed by atoms with van der Waals surface area (Å²) in [4.78, 5) is 0. The molecule has 0 atom stereocenters. The second-order valence-electron chi connectivity index (χ2n) is 6.20. The molecule has 104 valence electrons.